The number of ketones is 3. The van der Waals surface area contributed by atoms with Crippen molar-refractivity contribution in [2.45, 2.75) is 65.2 Å². The van der Waals surface area contributed by atoms with Gasteiger partial charge in [0.1, 0.15) is 17.3 Å². The third kappa shape index (κ3) is 1.83. The predicted octanol–water partition coefficient (Wildman–Crippen LogP) is 3.35. The molecule has 22 heavy (non-hydrogen) atoms. The van der Waals surface area contributed by atoms with Gasteiger partial charge in [0.05, 0.1) is 0 Å². The van der Waals surface area contributed by atoms with Crippen LogP contribution in [0, 0.1) is 34.5 Å². The summed E-state index contributed by atoms with van der Waals surface area (Å²) in [5.74, 6) is 2.24. The minimum Gasteiger partial charge on any atom is -0.300 e. The Morgan fingerprint density at radius 1 is 0.909 bits per heavy atom. The first-order valence-corrected chi connectivity index (χ1v) is 8.90. The van der Waals surface area contributed by atoms with Crippen molar-refractivity contribution in [2.75, 3.05) is 0 Å². The number of hydrogen-bond acceptors (Lipinski definition) is 3. The second-order valence-electron chi connectivity index (χ2n) is 8.96. The van der Waals surface area contributed by atoms with Crippen molar-refractivity contribution in [1.82, 2.24) is 0 Å². The molecular weight excluding hydrogens is 276 g/mol. The highest BCUT2D eigenvalue weighted by molar-refractivity contribution is 5.91. The van der Waals surface area contributed by atoms with E-state index in [2.05, 4.69) is 13.8 Å². The molecule has 4 saturated carbocycles. The third-order valence-electron chi connectivity index (χ3n) is 7.85. The van der Waals surface area contributed by atoms with Crippen LogP contribution in [-0.2, 0) is 14.4 Å². The molecule has 0 N–H and O–H groups in total. The van der Waals surface area contributed by atoms with E-state index in [0.717, 1.165) is 19.3 Å². The maximum absolute atomic E-state index is 12.8. The molecule has 0 bridgehead atoms. The molecular formula is C19H26O3. The van der Waals surface area contributed by atoms with Gasteiger partial charge in [-0.15, -0.1) is 0 Å². The zero-order chi connectivity index (χ0) is 15.7. The fourth-order valence-corrected chi connectivity index (χ4v) is 6.62. The second kappa shape index (κ2) is 4.52. The Morgan fingerprint density at radius 3 is 2.45 bits per heavy atom. The van der Waals surface area contributed by atoms with E-state index in [1.165, 1.54) is 0 Å². The van der Waals surface area contributed by atoms with E-state index in [9.17, 15) is 14.4 Å². The first-order chi connectivity index (χ1) is 10.3. The van der Waals surface area contributed by atoms with Gasteiger partial charge in [-0.2, -0.15) is 0 Å². The van der Waals surface area contributed by atoms with Crippen molar-refractivity contribution in [2.24, 2.45) is 34.5 Å². The number of hydrogen-bond donors (Lipinski definition) is 0. The van der Waals surface area contributed by atoms with Crippen molar-refractivity contribution in [3.05, 3.63) is 0 Å². The molecule has 0 aromatic heterocycles. The fraction of sp³-hybridized carbons (Fsp3) is 0.842. The predicted molar refractivity (Wildman–Crippen MR) is 82.1 cm³/mol. The molecule has 4 aliphatic carbocycles. The minimum absolute atomic E-state index is 0.000871. The van der Waals surface area contributed by atoms with Crippen LogP contribution in [0.4, 0.5) is 0 Å². The van der Waals surface area contributed by atoms with Gasteiger partial charge in [-0.25, -0.2) is 0 Å². The highest BCUT2D eigenvalue weighted by Gasteiger charge is 2.61. The number of fused-ring (bicyclic) bond motifs is 5. The van der Waals surface area contributed by atoms with Crippen LogP contribution in [-0.4, -0.2) is 17.3 Å². The summed E-state index contributed by atoms with van der Waals surface area (Å²) in [5.41, 5.74) is 0.132. The number of rotatable bonds is 0. The van der Waals surface area contributed by atoms with Crippen LogP contribution in [0.1, 0.15) is 65.2 Å². The van der Waals surface area contributed by atoms with E-state index in [1.54, 1.807) is 0 Å². The lowest BCUT2D eigenvalue weighted by atomic mass is 9.45. The third-order valence-corrected chi connectivity index (χ3v) is 7.85. The lowest BCUT2D eigenvalue weighted by Gasteiger charge is -2.58. The summed E-state index contributed by atoms with van der Waals surface area (Å²) in [5, 5.41) is 0. The van der Waals surface area contributed by atoms with E-state index >= 15 is 0 Å². The van der Waals surface area contributed by atoms with Crippen LogP contribution < -0.4 is 0 Å². The number of carbonyl (C=O) groups excluding carboxylic acids is 3. The van der Waals surface area contributed by atoms with Gasteiger partial charge < -0.3 is 0 Å². The molecule has 0 aliphatic heterocycles. The quantitative estimate of drug-likeness (QED) is 0.689. The smallest absolute Gasteiger partial charge is 0.137 e. The van der Waals surface area contributed by atoms with E-state index in [4.69, 9.17) is 0 Å². The summed E-state index contributed by atoms with van der Waals surface area (Å²) in [6, 6.07) is 0. The standard InChI is InChI=1S/C19H26O3/c1-18-5-4-14-13(15(18)8-12(21)10-18)9-17(22)16-7-11(20)3-6-19(14,16)2/h13-16H,3-10H2,1-2H3/t13-,14+,15+,16-,18-,19-/m1/s1. The van der Waals surface area contributed by atoms with Gasteiger partial charge in [0.15, 0.2) is 0 Å². The lowest BCUT2D eigenvalue weighted by Crippen LogP contribution is -2.56. The van der Waals surface area contributed by atoms with Gasteiger partial charge in [0.25, 0.3) is 0 Å². The zero-order valence-corrected chi connectivity index (χ0v) is 13.7. The first kappa shape index (κ1) is 14.6. The molecule has 120 valence electrons. The summed E-state index contributed by atoms with van der Waals surface area (Å²) in [6.07, 6.45) is 6.27. The van der Waals surface area contributed by atoms with E-state index in [0.29, 0.717) is 61.4 Å². The molecule has 6 atom stereocenters. The molecule has 4 aliphatic rings. The van der Waals surface area contributed by atoms with Crippen LogP contribution in [0.15, 0.2) is 0 Å². The molecule has 0 radical (unpaired) electrons. The molecule has 3 nitrogen and oxygen atoms in total. The topological polar surface area (TPSA) is 51.2 Å². The summed E-state index contributed by atoms with van der Waals surface area (Å²) in [7, 11) is 0. The van der Waals surface area contributed by atoms with Crippen molar-refractivity contribution < 1.29 is 14.4 Å². The van der Waals surface area contributed by atoms with Gasteiger partial charge >= 0.3 is 0 Å². The highest BCUT2D eigenvalue weighted by atomic mass is 16.1. The summed E-state index contributed by atoms with van der Waals surface area (Å²) in [4.78, 5) is 36.7. The maximum Gasteiger partial charge on any atom is 0.137 e. The van der Waals surface area contributed by atoms with Crippen LogP contribution in [0.5, 0.6) is 0 Å². The molecule has 0 amide bonds. The molecule has 4 rings (SSSR count). The molecule has 0 spiro atoms. The zero-order valence-electron chi connectivity index (χ0n) is 13.7. The maximum atomic E-state index is 12.8. The molecule has 0 saturated heterocycles. The van der Waals surface area contributed by atoms with Crippen molar-refractivity contribution in [3.63, 3.8) is 0 Å². The molecule has 0 unspecified atom stereocenters. The van der Waals surface area contributed by atoms with Crippen molar-refractivity contribution in [1.29, 1.82) is 0 Å². The van der Waals surface area contributed by atoms with Crippen LogP contribution in [0.3, 0.4) is 0 Å². The molecule has 0 aromatic rings. The van der Waals surface area contributed by atoms with Gasteiger partial charge in [0, 0.05) is 38.0 Å². The molecule has 3 heteroatoms. The Morgan fingerprint density at radius 2 is 1.68 bits per heavy atom. The first-order valence-electron chi connectivity index (χ1n) is 8.90. The fourth-order valence-electron chi connectivity index (χ4n) is 6.62. The van der Waals surface area contributed by atoms with E-state index < -0.39 is 0 Å². The highest BCUT2D eigenvalue weighted by Crippen LogP contribution is 2.64. The number of carbonyl (C=O) groups is 3. The lowest BCUT2D eigenvalue weighted by molar-refractivity contribution is -0.157. The normalized spacial score (nSPS) is 51.3. The SMILES string of the molecule is C[C@]12CC[C@H]3[C@@H](CC(=O)[C@H]4CC(=O)CC[C@@]43C)[C@@H]1CC(=O)C2. The van der Waals surface area contributed by atoms with E-state index in [1.807, 2.05) is 0 Å². The number of Topliss-reactive ketones (excluding diaryl/α,β-unsaturated/α-hetero) is 3. The average molecular weight is 302 g/mol. The monoisotopic (exact) mass is 302 g/mol. The average Bonchev–Trinajstić information content (AvgIpc) is 2.76. The van der Waals surface area contributed by atoms with Crippen LogP contribution >= 0.6 is 0 Å². The van der Waals surface area contributed by atoms with Crippen LogP contribution in [0.25, 0.3) is 0 Å². The van der Waals surface area contributed by atoms with E-state index in [-0.39, 0.29) is 22.5 Å². The Kier molecular flexibility index (Phi) is 3.00. The minimum atomic E-state index is -0.0449. The summed E-state index contributed by atoms with van der Waals surface area (Å²) in [6.45, 7) is 4.53. The van der Waals surface area contributed by atoms with Crippen LogP contribution in [0.2, 0.25) is 0 Å². The van der Waals surface area contributed by atoms with Gasteiger partial charge in [0.2, 0.25) is 0 Å². The summed E-state index contributed by atoms with van der Waals surface area (Å²) >= 11 is 0. The molecule has 0 heterocycles. The Bertz CT molecular complexity index is 565. The Balaban J connectivity index is 1.70. The second-order valence-corrected chi connectivity index (χ2v) is 8.96. The molecule has 0 aromatic carbocycles. The van der Waals surface area contributed by atoms with Gasteiger partial charge in [-0.3, -0.25) is 14.4 Å². The largest absolute Gasteiger partial charge is 0.300 e. The van der Waals surface area contributed by atoms with Gasteiger partial charge in [-0.05, 0) is 47.8 Å². The Hall–Kier alpha value is -0.990. The van der Waals surface area contributed by atoms with Gasteiger partial charge in [-0.1, -0.05) is 13.8 Å². The summed E-state index contributed by atoms with van der Waals surface area (Å²) < 4.78 is 0. The Labute approximate surface area is 132 Å². The van der Waals surface area contributed by atoms with Crippen molar-refractivity contribution >= 4 is 17.3 Å². The molecule has 4 fully saturated rings. The van der Waals surface area contributed by atoms with Crippen molar-refractivity contribution in [3.8, 4) is 0 Å².